The molecule has 9 heteroatoms. The van der Waals surface area contributed by atoms with Crippen molar-refractivity contribution < 1.29 is 18.7 Å². The third-order valence-electron chi connectivity index (χ3n) is 4.81. The van der Waals surface area contributed by atoms with Gasteiger partial charge >= 0.3 is 5.97 Å². The largest absolute Gasteiger partial charge is 0.476 e. The lowest BCUT2D eigenvalue weighted by atomic mass is 10.1. The van der Waals surface area contributed by atoms with Gasteiger partial charge in [-0.15, -0.1) is 0 Å². The molecule has 8 nitrogen and oxygen atoms in total. The summed E-state index contributed by atoms with van der Waals surface area (Å²) in [5, 5.41) is 3.11. The second-order valence-corrected chi connectivity index (χ2v) is 8.78. The Labute approximate surface area is 202 Å². The molecule has 2 aromatic carbocycles. The van der Waals surface area contributed by atoms with Crippen molar-refractivity contribution in [1.82, 2.24) is 19.9 Å². The second-order valence-electron chi connectivity index (χ2n) is 8.78. The predicted molar refractivity (Wildman–Crippen MR) is 131 cm³/mol. The smallest absolute Gasteiger partial charge is 0.338 e. The SMILES string of the molecule is CCOc1nc(NCc2ccc(F)cc2)nc2ncc(-c3cccc(C(=O)OC(C)(C)C)c3)nc12. The highest BCUT2D eigenvalue weighted by molar-refractivity contribution is 5.91. The quantitative estimate of drug-likeness (QED) is 0.365. The summed E-state index contributed by atoms with van der Waals surface area (Å²) in [4.78, 5) is 30.5. The fourth-order valence-corrected chi connectivity index (χ4v) is 3.26. The molecule has 0 fully saturated rings. The molecule has 4 aromatic rings. The molecule has 180 valence electrons. The van der Waals surface area contributed by atoms with Gasteiger partial charge < -0.3 is 14.8 Å². The number of anilines is 1. The molecule has 0 saturated heterocycles. The predicted octanol–water partition coefficient (Wildman–Crippen LogP) is 5.19. The van der Waals surface area contributed by atoms with Crippen LogP contribution in [0.4, 0.5) is 10.3 Å². The van der Waals surface area contributed by atoms with Crippen LogP contribution in [0.15, 0.2) is 54.7 Å². The van der Waals surface area contributed by atoms with Crippen LogP contribution in [0.1, 0.15) is 43.6 Å². The Balaban J connectivity index is 1.63. The maximum atomic E-state index is 13.1. The van der Waals surface area contributed by atoms with Crippen LogP contribution >= 0.6 is 0 Å². The number of esters is 1. The lowest BCUT2D eigenvalue weighted by Gasteiger charge is -2.19. The van der Waals surface area contributed by atoms with E-state index in [9.17, 15) is 9.18 Å². The van der Waals surface area contributed by atoms with E-state index < -0.39 is 11.6 Å². The van der Waals surface area contributed by atoms with Crippen LogP contribution in [0, 0.1) is 5.82 Å². The molecule has 0 unspecified atom stereocenters. The van der Waals surface area contributed by atoms with Crippen molar-refractivity contribution >= 4 is 23.1 Å². The third-order valence-corrected chi connectivity index (χ3v) is 4.81. The number of benzene rings is 2. The van der Waals surface area contributed by atoms with E-state index in [0.29, 0.717) is 47.1 Å². The molecule has 0 aliphatic carbocycles. The van der Waals surface area contributed by atoms with E-state index in [1.54, 1.807) is 36.5 Å². The fraction of sp³-hybridized carbons (Fsp3) is 0.269. The maximum Gasteiger partial charge on any atom is 0.338 e. The highest BCUT2D eigenvalue weighted by Gasteiger charge is 2.19. The minimum absolute atomic E-state index is 0.289. The minimum Gasteiger partial charge on any atom is -0.476 e. The Morgan fingerprint density at radius 2 is 1.83 bits per heavy atom. The highest BCUT2D eigenvalue weighted by atomic mass is 19.1. The zero-order chi connectivity index (χ0) is 25.0. The first-order valence-electron chi connectivity index (χ1n) is 11.2. The minimum atomic E-state index is -0.595. The summed E-state index contributed by atoms with van der Waals surface area (Å²) in [5.74, 6) is -0.101. The van der Waals surface area contributed by atoms with Crippen LogP contribution in [-0.4, -0.2) is 38.1 Å². The number of carbonyl (C=O) groups is 1. The highest BCUT2D eigenvalue weighted by Crippen LogP contribution is 2.26. The first kappa shape index (κ1) is 24.0. The Kier molecular flexibility index (Phi) is 6.86. The van der Waals surface area contributed by atoms with Gasteiger partial charge in [0.2, 0.25) is 11.8 Å². The normalized spacial score (nSPS) is 11.3. The van der Waals surface area contributed by atoms with E-state index in [1.165, 1.54) is 12.1 Å². The standard InChI is InChI=1S/C26H26FN5O3/c1-5-34-23-21-22(31-25(32-23)29-14-16-9-11-19(27)12-10-16)28-15-20(30-21)17-7-6-8-18(13-17)24(33)35-26(2,3)4/h6-13,15H,5,14H2,1-4H3,(H,28,29,31,32). The average molecular weight is 476 g/mol. The molecule has 0 amide bonds. The molecule has 0 spiro atoms. The van der Waals surface area contributed by atoms with E-state index in [2.05, 4.69) is 25.3 Å². The summed E-state index contributed by atoms with van der Waals surface area (Å²) in [7, 11) is 0. The number of hydrogen-bond acceptors (Lipinski definition) is 8. The maximum absolute atomic E-state index is 13.1. The number of carbonyl (C=O) groups excluding carboxylic acids is 1. The van der Waals surface area contributed by atoms with Crippen molar-refractivity contribution in [3.8, 4) is 17.1 Å². The summed E-state index contributed by atoms with van der Waals surface area (Å²) in [5.41, 5.74) is 2.70. The Morgan fingerprint density at radius 3 is 2.54 bits per heavy atom. The number of ether oxygens (including phenoxy) is 2. The van der Waals surface area contributed by atoms with Gasteiger partial charge in [-0.2, -0.15) is 9.97 Å². The fourth-order valence-electron chi connectivity index (χ4n) is 3.26. The van der Waals surface area contributed by atoms with E-state index in [1.807, 2.05) is 33.8 Å². The van der Waals surface area contributed by atoms with Gasteiger partial charge in [0.05, 0.1) is 24.1 Å². The number of halogens is 1. The van der Waals surface area contributed by atoms with Crippen LogP contribution in [0.3, 0.4) is 0 Å². The lowest BCUT2D eigenvalue weighted by Crippen LogP contribution is -2.23. The zero-order valence-electron chi connectivity index (χ0n) is 20.0. The molecule has 0 bridgehead atoms. The van der Waals surface area contributed by atoms with E-state index >= 15 is 0 Å². The molecule has 2 aromatic heterocycles. The van der Waals surface area contributed by atoms with Crippen molar-refractivity contribution in [1.29, 1.82) is 0 Å². The lowest BCUT2D eigenvalue weighted by molar-refractivity contribution is 0.00695. The van der Waals surface area contributed by atoms with Gasteiger partial charge in [-0.25, -0.2) is 19.2 Å². The van der Waals surface area contributed by atoms with Gasteiger partial charge in [0.1, 0.15) is 11.4 Å². The molecule has 0 aliphatic rings. The first-order valence-corrected chi connectivity index (χ1v) is 11.2. The van der Waals surface area contributed by atoms with Gasteiger partial charge in [0.15, 0.2) is 11.2 Å². The summed E-state index contributed by atoms with van der Waals surface area (Å²) < 4.78 is 24.3. The van der Waals surface area contributed by atoms with E-state index in [-0.39, 0.29) is 11.7 Å². The average Bonchev–Trinajstić information content (AvgIpc) is 2.83. The molecular formula is C26H26FN5O3. The zero-order valence-corrected chi connectivity index (χ0v) is 20.0. The van der Waals surface area contributed by atoms with Gasteiger partial charge in [-0.05, 0) is 57.5 Å². The van der Waals surface area contributed by atoms with E-state index in [0.717, 1.165) is 5.56 Å². The van der Waals surface area contributed by atoms with Crippen LogP contribution in [0.2, 0.25) is 0 Å². The Morgan fingerprint density at radius 1 is 1.06 bits per heavy atom. The summed E-state index contributed by atoms with van der Waals surface area (Å²) >= 11 is 0. The molecule has 35 heavy (non-hydrogen) atoms. The Bertz CT molecular complexity index is 1350. The third kappa shape index (κ3) is 6.06. The van der Waals surface area contributed by atoms with Crippen molar-refractivity contribution in [2.45, 2.75) is 39.8 Å². The van der Waals surface area contributed by atoms with Crippen molar-refractivity contribution in [2.24, 2.45) is 0 Å². The molecule has 0 saturated carbocycles. The summed E-state index contributed by atoms with van der Waals surface area (Å²) in [6.07, 6.45) is 1.59. The monoisotopic (exact) mass is 475 g/mol. The van der Waals surface area contributed by atoms with Crippen LogP contribution in [-0.2, 0) is 11.3 Å². The van der Waals surface area contributed by atoms with Gasteiger partial charge in [-0.1, -0.05) is 24.3 Å². The molecular weight excluding hydrogens is 449 g/mol. The van der Waals surface area contributed by atoms with Crippen LogP contribution in [0.5, 0.6) is 5.88 Å². The number of nitrogens with one attached hydrogen (secondary N) is 1. The number of fused-ring (bicyclic) bond motifs is 1. The Hall–Kier alpha value is -4.14. The number of hydrogen-bond donors (Lipinski definition) is 1. The van der Waals surface area contributed by atoms with Crippen molar-refractivity contribution in [3.63, 3.8) is 0 Å². The molecule has 4 rings (SSSR count). The number of aromatic nitrogens is 4. The topological polar surface area (TPSA) is 99.1 Å². The molecule has 1 N–H and O–H groups in total. The molecule has 2 heterocycles. The summed E-state index contributed by atoms with van der Waals surface area (Å²) in [6.45, 7) is 8.09. The van der Waals surface area contributed by atoms with Gasteiger partial charge in [-0.3, -0.25) is 0 Å². The first-order chi connectivity index (χ1) is 16.7. The van der Waals surface area contributed by atoms with Gasteiger partial charge in [0.25, 0.3) is 0 Å². The van der Waals surface area contributed by atoms with E-state index in [4.69, 9.17) is 9.47 Å². The van der Waals surface area contributed by atoms with Crippen molar-refractivity contribution in [3.05, 3.63) is 71.7 Å². The molecule has 0 radical (unpaired) electrons. The molecule has 0 atom stereocenters. The second kappa shape index (κ2) is 10.0. The number of rotatable bonds is 7. The summed E-state index contributed by atoms with van der Waals surface area (Å²) in [6, 6.07) is 13.2. The van der Waals surface area contributed by atoms with Gasteiger partial charge in [0, 0.05) is 12.1 Å². The number of nitrogens with zero attached hydrogens (tertiary/aromatic N) is 4. The van der Waals surface area contributed by atoms with Crippen molar-refractivity contribution in [2.75, 3.05) is 11.9 Å². The van der Waals surface area contributed by atoms with Crippen LogP contribution < -0.4 is 10.1 Å². The van der Waals surface area contributed by atoms with Crippen LogP contribution in [0.25, 0.3) is 22.4 Å². The molecule has 0 aliphatic heterocycles.